The van der Waals surface area contributed by atoms with Crippen molar-refractivity contribution in [2.45, 2.75) is 6.42 Å². The fraction of sp³-hybridized carbons (Fsp3) is 1.00. The molecule has 6 N–H and O–H groups in total. The van der Waals surface area contributed by atoms with E-state index in [4.69, 9.17) is 29.0 Å². The van der Waals surface area contributed by atoms with Crippen LogP contribution in [-0.4, -0.2) is 56.8 Å². The van der Waals surface area contributed by atoms with Gasteiger partial charge in [0, 0.05) is 36.6 Å². The molecule has 17 heavy (non-hydrogen) atoms. The summed E-state index contributed by atoms with van der Waals surface area (Å²) in [6.45, 7) is 5.34. The van der Waals surface area contributed by atoms with Gasteiger partial charge in [-0.2, -0.15) is 0 Å². The first-order valence-corrected chi connectivity index (χ1v) is 6.23. The van der Waals surface area contributed by atoms with Gasteiger partial charge in [0.2, 0.25) is 0 Å². The van der Waals surface area contributed by atoms with Crippen LogP contribution in [0.3, 0.4) is 0 Å². The summed E-state index contributed by atoms with van der Waals surface area (Å²) in [6, 6.07) is 0. The summed E-state index contributed by atoms with van der Waals surface area (Å²) in [4.78, 5) is 0. The van der Waals surface area contributed by atoms with E-state index in [2.05, 4.69) is 10.6 Å². The Bertz CT molecular complexity index is 212. The molecule has 0 aliphatic heterocycles. The Morgan fingerprint density at radius 2 is 1.18 bits per heavy atom. The molecule has 0 radical (unpaired) electrons. The Labute approximate surface area is 113 Å². The van der Waals surface area contributed by atoms with Crippen molar-refractivity contribution < 1.29 is 34.6 Å². The first kappa shape index (κ1) is 22.4. The third-order valence-electron chi connectivity index (χ3n) is 1.35. The second-order valence-corrected chi connectivity index (χ2v) is 3.66. The fourth-order valence-electron chi connectivity index (χ4n) is 0.793. The van der Waals surface area contributed by atoms with Crippen LogP contribution < -0.4 is 22.1 Å². The van der Waals surface area contributed by atoms with Crippen LogP contribution in [0.15, 0.2) is 0 Å². The quantitative estimate of drug-likeness (QED) is 0.161. The molecule has 0 amide bonds. The van der Waals surface area contributed by atoms with Crippen molar-refractivity contribution in [3.63, 3.8) is 0 Å². The van der Waals surface area contributed by atoms with E-state index < -0.39 is 10.4 Å². The second kappa shape index (κ2) is 16.2. The Balaban J connectivity index is -0.000000280. The second-order valence-electron chi connectivity index (χ2n) is 2.84. The first-order valence-electron chi connectivity index (χ1n) is 4.90. The standard InChI is InChI=1S/C7H20N4.Fe.H2O4S/c8-2-6-10-4-1-5-11-7-3-9;;1-5(2,3)4/h10-11H,1-9H2;;(H2,1,2,3,4)/q;+2;/p-2. The molecule has 0 unspecified atom stereocenters. The molecular formula is C7H20FeN4O4S. The minimum atomic E-state index is -5.17. The zero-order valence-electron chi connectivity index (χ0n) is 9.50. The maximum absolute atomic E-state index is 8.52. The van der Waals surface area contributed by atoms with Gasteiger partial charge < -0.3 is 31.2 Å². The number of hydrogen-bond donors (Lipinski definition) is 4. The summed E-state index contributed by atoms with van der Waals surface area (Å²) in [5, 5.41) is 6.43. The molecule has 0 aromatic heterocycles. The van der Waals surface area contributed by atoms with Gasteiger partial charge in [-0.25, -0.2) is 0 Å². The van der Waals surface area contributed by atoms with Crippen molar-refractivity contribution in [2.75, 3.05) is 39.3 Å². The summed E-state index contributed by atoms with van der Waals surface area (Å²) in [7, 11) is -5.17. The molecular weight excluding hydrogens is 292 g/mol. The van der Waals surface area contributed by atoms with E-state index in [0.717, 1.165) is 45.7 Å². The monoisotopic (exact) mass is 312 g/mol. The number of hydrogen-bond acceptors (Lipinski definition) is 8. The molecule has 0 aromatic carbocycles. The molecule has 106 valence electrons. The largest absolute Gasteiger partial charge is 2.00 e. The predicted octanol–water partition coefficient (Wildman–Crippen LogP) is -2.87. The Morgan fingerprint density at radius 3 is 1.41 bits per heavy atom. The number of nitrogens with two attached hydrogens (primary N) is 2. The van der Waals surface area contributed by atoms with Gasteiger partial charge in [0.25, 0.3) is 0 Å². The maximum Gasteiger partial charge on any atom is 2.00 e. The van der Waals surface area contributed by atoms with E-state index in [1.165, 1.54) is 0 Å². The Kier molecular flexibility index (Phi) is 21.4. The van der Waals surface area contributed by atoms with E-state index in [-0.39, 0.29) is 17.1 Å². The average Bonchev–Trinajstić information content (AvgIpc) is 2.14. The van der Waals surface area contributed by atoms with Crippen LogP contribution in [0.1, 0.15) is 6.42 Å². The topological polar surface area (TPSA) is 156 Å². The van der Waals surface area contributed by atoms with E-state index in [0.29, 0.717) is 0 Å². The summed E-state index contributed by atoms with van der Waals surface area (Å²) in [5.74, 6) is 0. The molecule has 0 saturated carbocycles. The van der Waals surface area contributed by atoms with E-state index in [9.17, 15) is 0 Å². The van der Waals surface area contributed by atoms with Crippen LogP contribution in [0.2, 0.25) is 0 Å². The molecule has 0 spiro atoms. The smallest absolute Gasteiger partial charge is 0.759 e. The molecule has 0 heterocycles. The van der Waals surface area contributed by atoms with Gasteiger partial charge >= 0.3 is 17.1 Å². The molecule has 0 aliphatic rings. The van der Waals surface area contributed by atoms with Crippen molar-refractivity contribution in [1.82, 2.24) is 10.6 Å². The molecule has 0 atom stereocenters. The first-order chi connectivity index (χ1) is 7.41. The molecule has 0 fully saturated rings. The molecule has 0 bridgehead atoms. The molecule has 0 rings (SSSR count). The molecule has 0 aliphatic carbocycles. The zero-order chi connectivity index (χ0) is 12.9. The van der Waals surface area contributed by atoms with Crippen LogP contribution in [0.25, 0.3) is 0 Å². The van der Waals surface area contributed by atoms with Crippen LogP contribution in [-0.2, 0) is 27.5 Å². The van der Waals surface area contributed by atoms with Crippen LogP contribution in [0.4, 0.5) is 0 Å². The third-order valence-corrected chi connectivity index (χ3v) is 1.35. The van der Waals surface area contributed by atoms with Crippen molar-refractivity contribution in [1.29, 1.82) is 0 Å². The van der Waals surface area contributed by atoms with Crippen molar-refractivity contribution in [3.8, 4) is 0 Å². The number of nitrogens with one attached hydrogen (secondary N) is 2. The van der Waals surface area contributed by atoms with E-state index in [1.54, 1.807) is 0 Å². The van der Waals surface area contributed by atoms with Crippen LogP contribution in [0, 0.1) is 0 Å². The van der Waals surface area contributed by atoms with Gasteiger partial charge in [-0.15, -0.1) is 0 Å². The van der Waals surface area contributed by atoms with Gasteiger partial charge in [-0.1, -0.05) is 0 Å². The average molecular weight is 312 g/mol. The SMILES string of the molecule is NCCNCCCNCCN.O=S(=O)([O-])[O-].[Fe+2]. The summed E-state index contributed by atoms with van der Waals surface area (Å²) in [6.07, 6.45) is 1.14. The van der Waals surface area contributed by atoms with E-state index in [1.807, 2.05) is 0 Å². The van der Waals surface area contributed by atoms with Crippen LogP contribution in [0.5, 0.6) is 0 Å². The van der Waals surface area contributed by atoms with Gasteiger partial charge in [-0.3, -0.25) is 8.42 Å². The summed E-state index contributed by atoms with van der Waals surface area (Å²) in [5.41, 5.74) is 10.6. The Hall–Kier alpha value is 0.229. The van der Waals surface area contributed by atoms with Crippen molar-refractivity contribution >= 4 is 10.4 Å². The zero-order valence-corrected chi connectivity index (χ0v) is 11.4. The molecule has 10 heteroatoms. The molecule has 0 saturated heterocycles. The number of rotatable bonds is 8. The third kappa shape index (κ3) is 48.5. The van der Waals surface area contributed by atoms with Gasteiger partial charge in [0.05, 0.1) is 0 Å². The Morgan fingerprint density at radius 1 is 0.882 bits per heavy atom. The van der Waals surface area contributed by atoms with Gasteiger partial charge in [0.1, 0.15) is 0 Å². The van der Waals surface area contributed by atoms with Crippen LogP contribution >= 0.6 is 0 Å². The fourth-order valence-corrected chi connectivity index (χ4v) is 0.793. The maximum atomic E-state index is 8.52. The minimum Gasteiger partial charge on any atom is -0.759 e. The predicted molar refractivity (Wildman–Crippen MR) is 58.9 cm³/mol. The molecule has 8 nitrogen and oxygen atoms in total. The summed E-state index contributed by atoms with van der Waals surface area (Å²) >= 11 is 0. The van der Waals surface area contributed by atoms with E-state index >= 15 is 0 Å². The van der Waals surface area contributed by atoms with Crippen molar-refractivity contribution in [2.24, 2.45) is 11.5 Å². The van der Waals surface area contributed by atoms with Gasteiger partial charge in [-0.05, 0) is 19.5 Å². The van der Waals surface area contributed by atoms with Crippen molar-refractivity contribution in [3.05, 3.63) is 0 Å². The summed E-state index contributed by atoms with van der Waals surface area (Å²) < 4.78 is 34.1. The van der Waals surface area contributed by atoms with Gasteiger partial charge in [0.15, 0.2) is 0 Å². The minimum absolute atomic E-state index is 0. The molecule has 0 aromatic rings. The normalized spacial score (nSPS) is 10.1.